The zero-order chi connectivity index (χ0) is 22.8. The van der Waals surface area contributed by atoms with Crippen molar-refractivity contribution in [2.75, 3.05) is 5.32 Å². The van der Waals surface area contributed by atoms with Crippen LogP contribution in [0, 0.1) is 13.8 Å². The van der Waals surface area contributed by atoms with Gasteiger partial charge in [-0.2, -0.15) is 0 Å². The van der Waals surface area contributed by atoms with Crippen molar-refractivity contribution in [1.82, 2.24) is 15.2 Å². The van der Waals surface area contributed by atoms with E-state index in [0.29, 0.717) is 11.1 Å². The van der Waals surface area contributed by atoms with Crippen LogP contribution >= 0.6 is 0 Å². The number of pyridine rings is 1. The van der Waals surface area contributed by atoms with Crippen molar-refractivity contribution in [3.63, 3.8) is 0 Å². The van der Waals surface area contributed by atoms with E-state index in [1.54, 1.807) is 18.3 Å². The van der Waals surface area contributed by atoms with Crippen molar-refractivity contribution in [3.05, 3.63) is 75.7 Å². The fraction of sp³-hybridized carbons (Fsp3) is 0.250. The first-order valence-corrected chi connectivity index (χ1v) is 10.4. The summed E-state index contributed by atoms with van der Waals surface area (Å²) in [5.74, 6) is -0.795. The molecule has 3 N–H and O–H groups in total. The molecule has 1 atom stereocenters. The second-order valence-electron chi connectivity index (χ2n) is 8.02. The number of piperidine rings is 1. The van der Waals surface area contributed by atoms with Crippen LogP contribution in [0.2, 0.25) is 0 Å². The van der Waals surface area contributed by atoms with Crippen LogP contribution in [0.25, 0.3) is 10.8 Å². The second kappa shape index (κ2) is 8.66. The van der Waals surface area contributed by atoms with Crippen LogP contribution in [-0.2, 0) is 16.1 Å². The molecule has 0 saturated carbocycles. The average Bonchev–Trinajstić information content (AvgIpc) is 2.76. The highest BCUT2D eigenvalue weighted by Gasteiger charge is 2.28. The minimum Gasteiger partial charge on any atom is -0.334 e. The van der Waals surface area contributed by atoms with Gasteiger partial charge in [-0.15, -0.1) is 0 Å². The Morgan fingerprint density at radius 3 is 2.62 bits per heavy atom. The van der Waals surface area contributed by atoms with E-state index < -0.39 is 11.9 Å². The summed E-state index contributed by atoms with van der Waals surface area (Å²) in [6.07, 6.45) is 2.07. The molecule has 8 nitrogen and oxygen atoms in total. The highest BCUT2D eigenvalue weighted by atomic mass is 16.2. The molecule has 1 saturated heterocycles. The molecule has 4 amide bonds. The Kier molecular flexibility index (Phi) is 5.77. The van der Waals surface area contributed by atoms with Gasteiger partial charge in [0.25, 0.3) is 5.56 Å². The van der Waals surface area contributed by atoms with Crippen LogP contribution in [0.5, 0.6) is 0 Å². The third-order valence-corrected chi connectivity index (χ3v) is 5.76. The maximum absolute atomic E-state index is 13.0. The number of aryl methyl sites for hydroxylation is 2. The van der Waals surface area contributed by atoms with Crippen LogP contribution in [0.15, 0.2) is 53.5 Å². The van der Waals surface area contributed by atoms with Gasteiger partial charge in [-0.25, -0.2) is 4.79 Å². The molecule has 2 heterocycles. The number of benzene rings is 2. The lowest BCUT2D eigenvalue weighted by molar-refractivity contribution is -0.135. The van der Waals surface area contributed by atoms with Crippen molar-refractivity contribution in [2.24, 2.45) is 0 Å². The molecule has 0 radical (unpaired) electrons. The molecule has 3 aromatic rings. The molecule has 1 fully saturated rings. The predicted octanol–water partition coefficient (Wildman–Crippen LogP) is 2.92. The Balaban J connectivity index is 1.50. The van der Waals surface area contributed by atoms with E-state index in [1.807, 2.05) is 44.2 Å². The molecule has 32 heavy (non-hydrogen) atoms. The highest BCUT2D eigenvalue weighted by Crippen LogP contribution is 2.19. The summed E-state index contributed by atoms with van der Waals surface area (Å²) in [6, 6.07) is 11.8. The Labute approximate surface area is 184 Å². The van der Waals surface area contributed by atoms with Crippen molar-refractivity contribution in [2.45, 2.75) is 39.3 Å². The number of aromatic nitrogens is 1. The number of amides is 4. The molecule has 164 valence electrons. The number of anilines is 1. The summed E-state index contributed by atoms with van der Waals surface area (Å²) in [5, 5.41) is 9.07. The van der Waals surface area contributed by atoms with Crippen LogP contribution in [0.4, 0.5) is 10.5 Å². The number of urea groups is 1. The predicted molar refractivity (Wildman–Crippen MR) is 121 cm³/mol. The van der Waals surface area contributed by atoms with Gasteiger partial charge in [-0.3, -0.25) is 19.7 Å². The van der Waals surface area contributed by atoms with Gasteiger partial charge < -0.3 is 15.2 Å². The molecule has 1 aromatic heterocycles. The van der Waals surface area contributed by atoms with Crippen LogP contribution in [0.1, 0.15) is 35.6 Å². The van der Waals surface area contributed by atoms with Gasteiger partial charge in [-0.1, -0.05) is 18.2 Å². The lowest BCUT2D eigenvalue weighted by atomic mass is 10.0. The van der Waals surface area contributed by atoms with E-state index in [1.165, 1.54) is 4.57 Å². The van der Waals surface area contributed by atoms with Gasteiger partial charge in [0, 0.05) is 30.2 Å². The molecule has 8 heteroatoms. The Morgan fingerprint density at radius 2 is 1.88 bits per heavy atom. The maximum Gasteiger partial charge on any atom is 0.319 e. The van der Waals surface area contributed by atoms with Gasteiger partial charge in [0.05, 0.1) is 0 Å². The zero-order valence-electron chi connectivity index (χ0n) is 17.9. The molecule has 1 unspecified atom stereocenters. The van der Waals surface area contributed by atoms with Gasteiger partial charge in [0.2, 0.25) is 11.8 Å². The Bertz CT molecular complexity index is 1290. The largest absolute Gasteiger partial charge is 0.334 e. The number of hydrogen-bond acceptors (Lipinski definition) is 4. The number of fused-ring (bicyclic) bond motifs is 1. The minimum absolute atomic E-state index is 0.195. The van der Waals surface area contributed by atoms with Crippen molar-refractivity contribution in [1.29, 1.82) is 0 Å². The number of carbonyl (C=O) groups is 3. The third-order valence-electron chi connectivity index (χ3n) is 5.76. The molecular formula is C24H24N4O4. The Hall–Kier alpha value is -3.94. The monoisotopic (exact) mass is 432 g/mol. The molecule has 1 aliphatic rings. The summed E-state index contributed by atoms with van der Waals surface area (Å²) in [5.41, 5.74) is 3.39. The smallest absolute Gasteiger partial charge is 0.319 e. The van der Waals surface area contributed by atoms with Gasteiger partial charge in [0.1, 0.15) is 6.04 Å². The van der Waals surface area contributed by atoms with Crippen LogP contribution in [0.3, 0.4) is 0 Å². The molecule has 1 aliphatic heterocycles. The second-order valence-corrected chi connectivity index (χ2v) is 8.02. The summed E-state index contributed by atoms with van der Waals surface area (Å²) >= 11 is 0. The summed E-state index contributed by atoms with van der Waals surface area (Å²) in [6.45, 7) is 4.22. The fourth-order valence-electron chi connectivity index (χ4n) is 3.78. The van der Waals surface area contributed by atoms with Crippen molar-refractivity contribution < 1.29 is 14.4 Å². The molecule has 0 spiro atoms. The number of hydrogen-bond donors (Lipinski definition) is 3. The van der Waals surface area contributed by atoms with E-state index in [4.69, 9.17) is 0 Å². The van der Waals surface area contributed by atoms with Crippen LogP contribution < -0.4 is 21.5 Å². The first-order chi connectivity index (χ1) is 15.3. The van der Waals surface area contributed by atoms with Gasteiger partial charge >= 0.3 is 6.03 Å². The fourth-order valence-corrected chi connectivity index (χ4v) is 3.78. The summed E-state index contributed by atoms with van der Waals surface area (Å²) < 4.78 is 1.37. The number of nitrogens with zero attached hydrogens (tertiary/aromatic N) is 1. The highest BCUT2D eigenvalue weighted by molar-refractivity contribution is 5.99. The third kappa shape index (κ3) is 4.39. The van der Waals surface area contributed by atoms with Crippen LogP contribution in [-0.4, -0.2) is 22.4 Å². The lowest BCUT2D eigenvalue weighted by Gasteiger charge is -2.23. The maximum atomic E-state index is 13.0. The van der Waals surface area contributed by atoms with E-state index in [-0.39, 0.29) is 36.9 Å². The zero-order valence-corrected chi connectivity index (χ0v) is 17.9. The normalized spacial score (nSPS) is 16.0. The molecular weight excluding hydrogens is 408 g/mol. The van der Waals surface area contributed by atoms with Gasteiger partial charge in [0.15, 0.2) is 0 Å². The number of rotatable bonds is 4. The van der Waals surface area contributed by atoms with Crippen molar-refractivity contribution >= 4 is 34.3 Å². The average molecular weight is 432 g/mol. The minimum atomic E-state index is -0.713. The number of imide groups is 1. The number of nitrogens with one attached hydrogen (secondary N) is 3. The topological polar surface area (TPSA) is 109 Å². The standard InChI is InChI=1S/C24H24N4O4/c1-14-3-6-18(11-15(14)2)26-24(32)25-13-16-4-5-17-9-10-28(23(31)19(17)12-16)20-7-8-21(29)27-22(20)30/h3-6,9-12,20H,7-8,13H2,1-2H3,(H2,25,26,32)(H,27,29,30). The van der Waals surface area contributed by atoms with E-state index in [9.17, 15) is 19.2 Å². The first kappa shape index (κ1) is 21.3. The van der Waals surface area contributed by atoms with Crippen molar-refractivity contribution in [3.8, 4) is 0 Å². The first-order valence-electron chi connectivity index (χ1n) is 10.4. The van der Waals surface area contributed by atoms with E-state index in [2.05, 4.69) is 16.0 Å². The van der Waals surface area contributed by atoms with E-state index >= 15 is 0 Å². The molecule has 0 aliphatic carbocycles. The molecule has 2 aromatic carbocycles. The molecule has 4 rings (SSSR count). The Morgan fingerprint density at radius 1 is 1.06 bits per heavy atom. The summed E-state index contributed by atoms with van der Waals surface area (Å²) in [7, 11) is 0. The summed E-state index contributed by atoms with van der Waals surface area (Å²) in [4.78, 5) is 48.9. The number of carbonyl (C=O) groups excluding carboxylic acids is 3. The SMILES string of the molecule is Cc1ccc(NC(=O)NCc2ccc3ccn(C4CCC(=O)NC4=O)c(=O)c3c2)cc1C. The van der Waals surface area contributed by atoms with Gasteiger partial charge in [-0.05, 0) is 66.6 Å². The molecule has 0 bridgehead atoms. The quantitative estimate of drug-likeness (QED) is 0.551. The lowest BCUT2D eigenvalue weighted by Crippen LogP contribution is -2.44. The van der Waals surface area contributed by atoms with E-state index in [0.717, 1.165) is 22.1 Å².